The molecular formula is H4BrClCsLaLi. The molecule has 0 aliphatic rings. The predicted molar refractivity (Wildman–Crippen MR) is 19.8 cm³/mol. The van der Waals surface area contributed by atoms with Crippen LogP contribution in [0.4, 0.5) is 0 Å². The van der Waals surface area contributed by atoms with Gasteiger partial charge >= 0.3 is 87.8 Å². The van der Waals surface area contributed by atoms with E-state index in [-0.39, 0.29) is 156 Å². The van der Waals surface area contributed by atoms with E-state index in [1.54, 1.807) is 0 Å². The standard InChI is InChI=1S/BrH.ClH.Cs.La.Li.2H/h2*1H;;;;;/q;;+1;;+1;2*-1. The normalized spacial score (nSPS) is 0. The SMILES string of the molecule is Br.Cl.[Cs+].[H-].[H-].[La].[Li+]. The summed E-state index contributed by atoms with van der Waals surface area (Å²) in [5, 5.41) is 0. The van der Waals surface area contributed by atoms with Gasteiger partial charge in [-0.05, 0) is 0 Å². The van der Waals surface area contributed by atoms with E-state index in [0.29, 0.717) is 0 Å². The molecule has 0 spiro atoms. The summed E-state index contributed by atoms with van der Waals surface area (Å²) in [5.41, 5.74) is 0. The van der Waals surface area contributed by atoms with Gasteiger partial charge in [0.1, 0.15) is 0 Å². The number of rotatable bonds is 0. The average molecular weight is 398 g/mol. The van der Waals surface area contributed by atoms with Gasteiger partial charge in [0.25, 0.3) is 0 Å². The van der Waals surface area contributed by atoms with E-state index in [9.17, 15) is 0 Å². The van der Waals surface area contributed by atoms with Crippen molar-refractivity contribution in [1.82, 2.24) is 0 Å². The quantitative estimate of drug-likeness (QED) is 0.360. The van der Waals surface area contributed by atoms with Crippen molar-refractivity contribution in [2.24, 2.45) is 0 Å². The largest absolute Gasteiger partial charge is 1.00 e. The Hall–Kier alpha value is 4.61. The molecule has 0 unspecified atom stereocenters. The van der Waals surface area contributed by atoms with E-state index < -0.39 is 0 Å². The van der Waals surface area contributed by atoms with Crippen LogP contribution in [0.5, 0.6) is 0 Å². The third kappa shape index (κ3) is 17.7. The van der Waals surface area contributed by atoms with E-state index in [2.05, 4.69) is 0 Å². The van der Waals surface area contributed by atoms with E-state index in [1.165, 1.54) is 0 Å². The van der Waals surface area contributed by atoms with Crippen molar-refractivity contribution in [2.75, 3.05) is 0 Å². The van der Waals surface area contributed by atoms with Crippen molar-refractivity contribution >= 4 is 29.4 Å². The predicted octanol–water partition coefficient (Wildman–Crippen LogP) is -4.77. The Morgan fingerprint density at radius 2 is 1.20 bits per heavy atom. The third-order valence-electron chi connectivity index (χ3n) is 0. The monoisotopic (exact) mass is 397 g/mol. The zero-order chi connectivity index (χ0) is 0. The van der Waals surface area contributed by atoms with Crippen LogP contribution in [-0.2, 0) is 0 Å². The molecule has 5 heteroatoms. The minimum absolute atomic E-state index is 0. The van der Waals surface area contributed by atoms with Gasteiger partial charge in [-0.3, -0.25) is 0 Å². The molecule has 0 aliphatic heterocycles. The number of hydrogen-bond donors (Lipinski definition) is 0. The molecule has 0 rings (SSSR count). The Labute approximate surface area is 151 Å². The topological polar surface area (TPSA) is 0 Å². The summed E-state index contributed by atoms with van der Waals surface area (Å²) in [7, 11) is 0. The van der Waals surface area contributed by atoms with E-state index in [0.717, 1.165) is 0 Å². The maximum atomic E-state index is 0. The van der Waals surface area contributed by atoms with Crippen LogP contribution in [0, 0.1) is 35.6 Å². The molecule has 0 saturated carbocycles. The summed E-state index contributed by atoms with van der Waals surface area (Å²) < 4.78 is 0. The molecule has 5 heavy (non-hydrogen) atoms. The average Bonchev–Trinajstić information content (AvgIpc) is 0. The van der Waals surface area contributed by atoms with Crippen molar-refractivity contribution in [3.05, 3.63) is 0 Å². The second-order valence-corrected chi connectivity index (χ2v) is 0. The zero-order valence-corrected chi connectivity index (χ0v) is 15.8. The molecule has 0 heterocycles. The van der Waals surface area contributed by atoms with Gasteiger partial charge in [-0.2, -0.15) is 0 Å². The molecule has 0 aromatic rings. The van der Waals surface area contributed by atoms with Gasteiger partial charge in [0, 0.05) is 35.6 Å². The van der Waals surface area contributed by atoms with Crippen LogP contribution >= 0.6 is 29.4 Å². The van der Waals surface area contributed by atoms with Crippen LogP contribution < -0.4 is 87.8 Å². The second-order valence-electron chi connectivity index (χ2n) is 0. The first-order valence-corrected chi connectivity index (χ1v) is 0. The van der Waals surface area contributed by atoms with E-state index >= 15 is 0 Å². The van der Waals surface area contributed by atoms with Gasteiger partial charge in [0.05, 0.1) is 0 Å². The molecular weight excluding hydrogens is 394 g/mol. The molecule has 0 nitrogen and oxygen atoms in total. The molecule has 1 radical (unpaired) electrons. The smallest absolute Gasteiger partial charge is 1.00 e. The summed E-state index contributed by atoms with van der Waals surface area (Å²) in [5.74, 6) is 0. The fraction of sp³-hybridized carbons (Fsp3) is 0. The van der Waals surface area contributed by atoms with Crippen LogP contribution in [-0.4, -0.2) is 0 Å². The number of halogens is 2. The van der Waals surface area contributed by atoms with Crippen molar-refractivity contribution in [2.45, 2.75) is 0 Å². The van der Waals surface area contributed by atoms with Crippen molar-refractivity contribution in [3.63, 3.8) is 0 Å². The summed E-state index contributed by atoms with van der Waals surface area (Å²) in [6, 6.07) is 0. The summed E-state index contributed by atoms with van der Waals surface area (Å²) in [6.45, 7) is 0. The Morgan fingerprint density at radius 3 is 1.20 bits per heavy atom. The van der Waals surface area contributed by atoms with Crippen LogP contribution in [0.15, 0.2) is 0 Å². The first-order valence-electron chi connectivity index (χ1n) is 0. The first-order chi connectivity index (χ1) is 0. The van der Waals surface area contributed by atoms with E-state index in [4.69, 9.17) is 0 Å². The molecule has 23 valence electrons. The molecule has 0 aliphatic carbocycles. The minimum Gasteiger partial charge on any atom is -1.00 e. The van der Waals surface area contributed by atoms with Crippen molar-refractivity contribution < 1.29 is 126 Å². The Kier molecular flexibility index (Phi) is 157. The molecule has 0 aromatic carbocycles. The van der Waals surface area contributed by atoms with E-state index in [1.807, 2.05) is 0 Å². The van der Waals surface area contributed by atoms with Gasteiger partial charge in [-0.1, -0.05) is 0 Å². The van der Waals surface area contributed by atoms with Gasteiger partial charge in [0.15, 0.2) is 0 Å². The third-order valence-corrected chi connectivity index (χ3v) is 0. The fourth-order valence-corrected chi connectivity index (χ4v) is 0. The Bertz CT molecular complexity index is 17.7. The van der Waals surface area contributed by atoms with Crippen molar-refractivity contribution in [1.29, 1.82) is 0 Å². The van der Waals surface area contributed by atoms with Gasteiger partial charge in [-0.25, -0.2) is 0 Å². The molecule has 0 atom stereocenters. The van der Waals surface area contributed by atoms with Crippen LogP contribution in [0.1, 0.15) is 2.85 Å². The van der Waals surface area contributed by atoms with Crippen LogP contribution in [0.25, 0.3) is 0 Å². The maximum Gasteiger partial charge on any atom is 1.00 e. The molecule has 0 N–H and O–H groups in total. The fourth-order valence-electron chi connectivity index (χ4n) is 0. The molecule has 0 fully saturated rings. The van der Waals surface area contributed by atoms with Crippen LogP contribution in [0.3, 0.4) is 0 Å². The summed E-state index contributed by atoms with van der Waals surface area (Å²) in [6.07, 6.45) is 0. The molecule has 0 bridgehead atoms. The summed E-state index contributed by atoms with van der Waals surface area (Å²) >= 11 is 0. The second kappa shape index (κ2) is 23.5. The molecule has 0 amide bonds. The number of hydrogen-bond acceptors (Lipinski definition) is 0. The maximum absolute atomic E-state index is 0. The van der Waals surface area contributed by atoms with Crippen LogP contribution in [0.2, 0.25) is 0 Å². The summed E-state index contributed by atoms with van der Waals surface area (Å²) in [4.78, 5) is 0. The minimum atomic E-state index is 0. The molecule has 0 saturated heterocycles. The van der Waals surface area contributed by atoms with Gasteiger partial charge in [-0.15, -0.1) is 29.4 Å². The Morgan fingerprint density at radius 1 is 1.20 bits per heavy atom. The van der Waals surface area contributed by atoms with Gasteiger partial charge < -0.3 is 2.85 Å². The van der Waals surface area contributed by atoms with Crippen molar-refractivity contribution in [3.8, 4) is 0 Å². The van der Waals surface area contributed by atoms with Gasteiger partial charge in [0.2, 0.25) is 0 Å². The first kappa shape index (κ1) is 33.5. The Balaban J connectivity index is 0. The molecule has 0 aromatic heterocycles. The zero-order valence-electron chi connectivity index (χ0n) is 5.39.